The average Bonchev–Trinajstić information content (AvgIpc) is 2.35. The minimum absolute atomic E-state index is 0.0154. The topological polar surface area (TPSA) is 49.8 Å². The number of amides is 1. The van der Waals surface area contributed by atoms with E-state index in [2.05, 4.69) is 0 Å². The number of hydrogen-bond donors (Lipinski definition) is 1. The Bertz CT molecular complexity index is 413. The van der Waals surface area contributed by atoms with Crippen LogP contribution in [0.5, 0.6) is 5.75 Å². The summed E-state index contributed by atoms with van der Waals surface area (Å²) < 4.78 is 5.51. The molecule has 2 rings (SSSR count). The van der Waals surface area contributed by atoms with E-state index in [9.17, 15) is 4.79 Å². The molecule has 1 aliphatic heterocycles. The lowest BCUT2D eigenvalue weighted by atomic mass is 10.00. The summed E-state index contributed by atoms with van der Waals surface area (Å²) in [4.78, 5) is 13.9. The van der Waals surface area contributed by atoms with Crippen molar-refractivity contribution in [1.82, 2.24) is 4.90 Å². The number of hydrogen-bond acceptors (Lipinski definition) is 3. The first-order chi connectivity index (χ1) is 8.74. The quantitative estimate of drug-likeness (QED) is 0.861. The molecule has 0 aliphatic carbocycles. The second-order valence-corrected chi connectivity index (χ2v) is 4.64. The van der Waals surface area contributed by atoms with Gasteiger partial charge in [-0.2, -0.15) is 0 Å². The average molecular weight is 249 g/mol. The summed E-state index contributed by atoms with van der Waals surface area (Å²) in [7, 11) is 0. The summed E-state index contributed by atoms with van der Waals surface area (Å²) >= 11 is 0. The molecule has 18 heavy (non-hydrogen) atoms. The molecule has 0 unspecified atom stereocenters. The zero-order valence-corrected chi connectivity index (χ0v) is 10.6. The third-order valence-electron chi connectivity index (χ3n) is 3.06. The van der Waals surface area contributed by atoms with E-state index >= 15 is 0 Å². The molecule has 4 nitrogen and oxygen atoms in total. The normalized spacial score (nSPS) is 15.3. The van der Waals surface area contributed by atoms with Gasteiger partial charge < -0.3 is 14.7 Å². The molecule has 1 saturated heterocycles. The van der Waals surface area contributed by atoms with Crippen LogP contribution in [0.25, 0.3) is 0 Å². The summed E-state index contributed by atoms with van der Waals surface area (Å²) in [5, 5.41) is 8.94. The van der Waals surface area contributed by atoms with Gasteiger partial charge in [0.15, 0.2) is 0 Å². The van der Waals surface area contributed by atoms with E-state index in [-0.39, 0.29) is 18.4 Å². The van der Waals surface area contributed by atoms with Crippen LogP contribution in [-0.2, 0) is 0 Å². The van der Waals surface area contributed by atoms with Crippen LogP contribution in [-0.4, -0.2) is 42.2 Å². The Labute approximate surface area is 107 Å². The highest BCUT2D eigenvalue weighted by Crippen LogP contribution is 2.20. The number of aliphatic hydroxyl groups excluding tert-OH is 1. The van der Waals surface area contributed by atoms with Crippen molar-refractivity contribution < 1.29 is 14.6 Å². The maximum Gasteiger partial charge on any atom is 0.254 e. The first-order valence-electron chi connectivity index (χ1n) is 6.37. The molecule has 0 bridgehead atoms. The molecule has 0 atom stereocenters. The smallest absolute Gasteiger partial charge is 0.254 e. The van der Waals surface area contributed by atoms with Crippen molar-refractivity contribution in [2.24, 2.45) is 5.92 Å². The van der Waals surface area contributed by atoms with Crippen LogP contribution in [0.2, 0.25) is 0 Å². The number of nitrogens with zero attached hydrogens (tertiary/aromatic N) is 1. The summed E-state index contributed by atoms with van der Waals surface area (Å²) in [5.41, 5.74) is 0.653. The zero-order chi connectivity index (χ0) is 13.0. The SMILES string of the molecule is CCCOc1cccc(C(=O)N2CC(CO)C2)c1. The minimum atomic E-state index is 0.0154. The van der Waals surface area contributed by atoms with Crippen LogP contribution < -0.4 is 4.74 Å². The fourth-order valence-electron chi connectivity index (χ4n) is 1.97. The number of carbonyl (C=O) groups excluding carboxylic acids is 1. The zero-order valence-electron chi connectivity index (χ0n) is 10.6. The van der Waals surface area contributed by atoms with Gasteiger partial charge in [-0.25, -0.2) is 0 Å². The summed E-state index contributed by atoms with van der Waals surface area (Å²) in [6.45, 7) is 4.16. The van der Waals surface area contributed by atoms with Crippen LogP contribution >= 0.6 is 0 Å². The lowest BCUT2D eigenvalue weighted by Gasteiger charge is -2.38. The van der Waals surface area contributed by atoms with Crippen molar-refractivity contribution in [2.75, 3.05) is 26.3 Å². The molecule has 98 valence electrons. The van der Waals surface area contributed by atoms with Gasteiger partial charge in [-0.1, -0.05) is 13.0 Å². The van der Waals surface area contributed by atoms with E-state index < -0.39 is 0 Å². The van der Waals surface area contributed by atoms with E-state index in [1.807, 2.05) is 19.1 Å². The summed E-state index contributed by atoms with van der Waals surface area (Å²) in [6, 6.07) is 7.28. The van der Waals surface area contributed by atoms with Crippen LogP contribution in [0.4, 0.5) is 0 Å². The predicted octanol–water partition coefficient (Wildman–Crippen LogP) is 1.54. The largest absolute Gasteiger partial charge is 0.494 e. The van der Waals surface area contributed by atoms with E-state index in [4.69, 9.17) is 9.84 Å². The van der Waals surface area contributed by atoms with E-state index in [1.165, 1.54) is 0 Å². The number of rotatable bonds is 5. The maximum atomic E-state index is 12.1. The van der Waals surface area contributed by atoms with Crippen LogP contribution in [0, 0.1) is 5.92 Å². The Morgan fingerprint density at radius 2 is 2.28 bits per heavy atom. The maximum absolute atomic E-state index is 12.1. The van der Waals surface area contributed by atoms with Gasteiger partial charge in [-0.15, -0.1) is 0 Å². The fourth-order valence-corrected chi connectivity index (χ4v) is 1.97. The molecular weight excluding hydrogens is 230 g/mol. The van der Waals surface area contributed by atoms with Crippen molar-refractivity contribution in [3.8, 4) is 5.75 Å². The van der Waals surface area contributed by atoms with Gasteiger partial charge in [0.25, 0.3) is 5.91 Å². The van der Waals surface area contributed by atoms with Crippen molar-refractivity contribution in [2.45, 2.75) is 13.3 Å². The lowest BCUT2D eigenvalue weighted by molar-refractivity contribution is 0.0361. The van der Waals surface area contributed by atoms with Crippen molar-refractivity contribution in [3.63, 3.8) is 0 Å². The molecule has 1 aromatic rings. The molecule has 1 amide bonds. The van der Waals surface area contributed by atoms with Crippen molar-refractivity contribution in [3.05, 3.63) is 29.8 Å². The Hall–Kier alpha value is -1.55. The Balaban J connectivity index is 1.98. The first-order valence-corrected chi connectivity index (χ1v) is 6.37. The third kappa shape index (κ3) is 2.82. The number of carbonyl (C=O) groups is 1. The highest BCUT2D eigenvalue weighted by molar-refractivity contribution is 5.95. The molecule has 0 spiro atoms. The Morgan fingerprint density at radius 3 is 2.94 bits per heavy atom. The first kappa shape index (κ1) is 12.9. The van der Waals surface area contributed by atoms with Crippen molar-refractivity contribution in [1.29, 1.82) is 0 Å². The standard InChI is InChI=1S/C14H19NO3/c1-2-6-18-13-5-3-4-12(7-13)14(17)15-8-11(9-15)10-16/h3-5,7,11,16H,2,6,8-10H2,1H3. The molecule has 0 saturated carbocycles. The number of ether oxygens (including phenoxy) is 1. The molecule has 1 heterocycles. The highest BCUT2D eigenvalue weighted by Gasteiger charge is 2.30. The van der Waals surface area contributed by atoms with Gasteiger partial charge >= 0.3 is 0 Å². The molecule has 0 radical (unpaired) electrons. The van der Waals surface area contributed by atoms with E-state index in [1.54, 1.807) is 17.0 Å². The second kappa shape index (κ2) is 5.87. The van der Waals surface area contributed by atoms with Crippen LogP contribution in [0.3, 0.4) is 0 Å². The monoisotopic (exact) mass is 249 g/mol. The minimum Gasteiger partial charge on any atom is -0.494 e. The number of likely N-dealkylation sites (tertiary alicyclic amines) is 1. The predicted molar refractivity (Wildman–Crippen MR) is 68.7 cm³/mol. The Morgan fingerprint density at radius 1 is 1.50 bits per heavy atom. The number of aliphatic hydroxyl groups is 1. The van der Waals surface area contributed by atoms with Crippen molar-refractivity contribution >= 4 is 5.91 Å². The van der Waals surface area contributed by atoms with Gasteiger partial charge in [0.1, 0.15) is 5.75 Å². The summed E-state index contributed by atoms with van der Waals surface area (Å²) in [5.74, 6) is 0.997. The molecule has 0 aromatic heterocycles. The second-order valence-electron chi connectivity index (χ2n) is 4.64. The molecule has 1 aliphatic rings. The highest BCUT2D eigenvalue weighted by atomic mass is 16.5. The van der Waals surface area contributed by atoms with Gasteiger partial charge in [0.2, 0.25) is 0 Å². The molecule has 1 fully saturated rings. The Kier molecular flexibility index (Phi) is 4.20. The number of benzene rings is 1. The molecule has 1 aromatic carbocycles. The van der Waals surface area contributed by atoms with E-state index in [0.717, 1.165) is 12.2 Å². The van der Waals surface area contributed by atoms with Crippen LogP contribution in [0.15, 0.2) is 24.3 Å². The van der Waals surface area contributed by atoms with Crippen LogP contribution in [0.1, 0.15) is 23.7 Å². The summed E-state index contributed by atoms with van der Waals surface area (Å²) in [6.07, 6.45) is 0.947. The van der Waals surface area contributed by atoms with Gasteiger partial charge in [-0.3, -0.25) is 4.79 Å². The lowest BCUT2D eigenvalue weighted by Crippen LogP contribution is -2.51. The fraction of sp³-hybridized carbons (Fsp3) is 0.500. The third-order valence-corrected chi connectivity index (χ3v) is 3.06. The molecule has 4 heteroatoms. The molecule has 1 N–H and O–H groups in total. The molecular formula is C14H19NO3. The van der Waals surface area contributed by atoms with Gasteiger partial charge in [-0.05, 0) is 24.6 Å². The van der Waals surface area contributed by atoms with E-state index in [0.29, 0.717) is 25.3 Å². The van der Waals surface area contributed by atoms with Gasteiger partial charge in [0, 0.05) is 31.2 Å². The van der Waals surface area contributed by atoms with Gasteiger partial charge in [0.05, 0.1) is 6.61 Å².